The molecule has 0 spiro atoms. The van der Waals surface area contributed by atoms with Crippen LogP contribution in [0.15, 0.2) is 18.2 Å². The average Bonchev–Trinajstić information content (AvgIpc) is 2.26. The third-order valence-corrected chi connectivity index (χ3v) is 2.15. The predicted molar refractivity (Wildman–Crippen MR) is 55.3 cm³/mol. The number of nitrogens with two attached hydrogens (primary N) is 1. The Bertz CT molecular complexity index is 280. The van der Waals surface area contributed by atoms with Crippen molar-refractivity contribution in [1.82, 2.24) is 5.43 Å². The maximum absolute atomic E-state index is 5.39. The van der Waals surface area contributed by atoms with Gasteiger partial charge in [0.25, 0.3) is 0 Å². The van der Waals surface area contributed by atoms with E-state index in [1.54, 1.807) is 14.2 Å². The number of hydrogen-bond acceptors (Lipinski definition) is 4. The molecular weight excluding hydrogens is 180 g/mol. The van der Waals surface area contributed by atoms with Crippen molar-refractivity contribution in [3.05, 3.63) is 23.8 Å². The molecule has 0 aliphatic heterocycles. The Balaban J connectivity index is 3.18. The highest BCUT2D eigenvalue weighted by molar-refractivity contribution is 5.46. The first-order chi connectivity index (χ1) is 6.74. The van der Waals surface area contributed by atoms with Crippen LogP contribution < -0.4 is 20.7 Å². The van der Waals surface area contributed by atoms with Gasteiger partial charge in [-0.15, -0.1) is 0 Å². The zero-order valence-corrected chi connectivity index (χ0v) is 8.70. The van der Waals surface area contributed by atoms with Crippen LogP contribution in [-0.4, -0.2) is 14.2 Å². The molecule has 0 bridgehead atoms. The van der Waals surface area contributed by atoms with Crippen LogP contribution in [0.2, 0.25) is 0 Å². The average molecular weight is 196 g/mol. The van der Waals surface area contributed by atoms with Gasteiger partial charge in [0.05, 0.1) is 25.8 Å². The van der Waals surface area contributed by atoms with E-state index in [0.717, 1.165) is 17.1 Å². The van der Waals surface area contributed by atoms with Gasteiger partial charge in [0, 0.05) is 0 Å². The Hall–Kier alpha value is -1.26. The summed E-state index contributed by atoms with van der Waals surface area (Å²) in [6.45, 7) is 1.94. The van der Waals surface area contributed by atoms with Crippen molar-refractivity contribution in [1.29, 1.82) is 0 Å². The second-order valence-corrected chi connectivity index (χ2v) is 2.96. The fourth-order valence-corrected chi connectivity index (χ4v) is 1.39. The van der Waals surface area contributed by atoms with Gasteiger partial charge in [-0.25, -0.2) is 0 Å². The van der Waals surface area contributed by atoms with Gasteiger partial charge < -0.3 is 9.47 Å². The van der Waals surface area contributed by atoms with Crippen LogP contribution in [0.25, 0.3) is 0 Å². The summed E-state index contributed by atoms with van der Waals surface area (Å²) in [5, 5.41) is 0. The Labute approximate surface area is 84.0 Å². The molecule has 0 aromatic heterocycles. The topological polar surface area (TPSA) is 56.5 Å². The van der Waals surface area contributed by atoms with Crippen molar-refractivity contribution in [2.24, 2.45) is 5.84 Å². The highest BCUT2D eigenvalue weighted by Crippen LogP contribution is 2.33. The van der Waals surface area contributed by atoms with Crippen molar-refractivity contribution < 1.29 is 9.47 Å². The summed E-state index contributed by atoms with van der Waals surface area (Å²) in [5.41, 5.74) is 3.60. The lowest BCUT2D eigenvalue weighted by molar-refractivity contribution is 0.374. The molecule has 0 unspecified atom stereocenters. The van der Waals surface area contributed by atoms with E-state index in [1.165, 1.54) is 0 Å². The SMILES string of the molecule is COc1cccc(OC)c1[C@H](C)NN. The minimum atomic E-state index is -0.0129. The van der Waals surface area contributed by atoms with E-state index in [9.17, 15) is 0 Å². The van der Waals surface area contributed by atoms with Crippen molar-refractivity contribution in [2.75, 3.05) is 14.2 Å². The Morgan fingerprint density at radius 1 is 1.21 bits per heavy atom. The molecule has 0 heterocycles. The van der Waals surface area contributed by atoms with E-state index >= 15 is 0 Å². The van der Waals surface area contributed by atoms with Crippen LogP contribution in [0.4, 0.5) is 0 Å². The Morgan fingerprint density at radius 3 is 2.07 bits per heavy atom. The van der Waals surface area contributed by atoms with Crippen LogP contribution in [0.5, 0.6) is 11.5 Å². The van der Waals surface area contributed by atoms with Gasteiger partial charge in [0.1, 0.15) is 11.5 Å². The molecule has 0 saturated carbocycles. The molecule has 0 amide bonds. The van der Waals surface area contributed by atoms with E-state index in [2.05, 4.69) is 5.43 Å². The van der Waals surface area contributed by atoms with Crippen LogP contribution in [0.3, 0.4) is 0 Å². The maximum atomic E-state index is 5.39. The lowest BCUT2D eigenvalue weighted by Gasteiger charge is -2.17. The largest absolute Gasteiger partial charge is 0.496 e. The first kappa shape index (κ1) is 10.8. The molecule has 0 saturated heterocycles. The van der Waals surface area contributed by atoms with Crippen molar-refractivity contribution in [3.63, 3.8) is 0 Å². The quantitative estimate of drug-likeness (QED) is 0.561. The minimum absolute atomic E-state index is 0.0129. The molecule has 1 atom stereocenters. The molecule has 1 aromatic rings. The number of ether oxygens (including phenoxy) is 2. The van der Waals surface area contributed by atoms with Gasteiger partial charge in [0.2, 0.25) is 0 Å². The zero-order valence-electron chi connectivity index (χ0n) is 8.70. The van der Waals surface area contributed by atoms with Gasteiger partial charge in [-0.3, -0.25) is 11.3 Å². The van der Waals surface area contributed by atoms with E-state index in [4.69, 9.17) is 15.3 Å². The van der Waals surface area contributed by atoms with E-state index < -0.39 is 0 Å². The Morgan fingerprint density at radius 2 is 1.71 bits per heavy atom. The number of hydrogen-bond donors (Lipinski definition) is 2. The first-order valence-corrected chi connectivity index (χ1v) is 4.41. The molecule has 4 nitrogen and oxygen atoms in total. The molecule has 0 aliphatic carbocycles. The monoisotopic (exact) mass is 196 g/mol. The maximum Gasteiger partial charge on any atom is 0.127 e. The lowest BCUT2D eigenvalue weighted by atomic mass is 10.1. The molecule has 4 heteroatoms. The van der Waals surface area contributed by atoms with Gasteiger partial charge in [-0.2, -0.15) is 0 Å². The van der Waals surface area contributed by atoms with Crippen molar-refractivity contribution in [3.8, 4) is 11.5 Å². The highest BCUT2D eigenvalue weighted by Gasteiger charge is 2.15. The summed E-state index contributed by atoms with van der Waals surface area (Å²) >= 11 is 0. The number of hydrazine groups is 1. The van der Waals surface area contributed by atoms with E-state index in [-0.39, 0.29) is 6.04 Å². The fraction of sp³-hybridized carbons (Fsp3) is 0.400. The molecule has 0 fully saturated rings. The summed E-state index contributed by atoms with van der Waals surface area (Å²) in [7, 11) is 3.25. The van der Waals surface area contributed by atoms with Gasteiger partial charge in [0.15, 0.2) is 0 Å². The standard InChI is InChI=1S/C10H16N2O2/c1-7(12-11)10-8(13-2)5-4-6-9(10)14-3/h4-7,12H,11H2,1-3H3/t7-/m0/s1. The summed E-state index contributed by atoms with van der Waals surface area (Å²) in [6.07, 6.45) is 0. The number of rotatable bonds is 4. The molecule has 1 aromatic carbocycles. The molecule has 78 valence electrons. The first-order valence-electron chi connectivity index (χ1n) is 4.41. The van der Waals surface area contributed by atoms with Crippen LogP contribution in [0.1, 0.15) is 18.5 Å². The normalized spacial score (nSPS) is 12.3. The van der Waals surface area contributed by atoms with Gasteiger partial charge >= 0.3 is 0 Å². The second kappa shape index (κ2) is 4.83. The number of benzene rings is 1. The smallest absolute Gasteiger partial charge is 0.127 e. The molecule has 0 aliphatic rings. The van der Waals surface area contributed by atoms with Gasteiger partial charge in [-0.05, 0) is 19.1 Å². The van der Waals surface area contributed by atoms with Crippen molar-refractivity contribution in [2.45, 2.75) is 13.0 Å². The molecule has 0 radical (unpaired) electrons. The van der Waals surface area contributed by atoms with Crippen LogP contribution >= 0.6 is 0 Å². The molecule has 1 rings (SSSR count). The molecule has 14 heavy (non-hydrogen) atoms. The molecule has 3 N–H and O–H groups in total. The summed E-state index contributed by atoms with van der Waals surface area (Å²) in [4.78, 5) is 0. The van der Waals surface area contributed by atoms with Crippen molar-refractivity contribution >= 4 is 0 Å². The predicted octanol–water partition coefficient (Wildman–Crippen LogP) is 1.23. The number of methoxy groups -OCH3 is 2. The highest BCUT2D eigenvalue weighted by atomic mass is 16.5. The fourth-order valence-electron chi connectivity index (χ4n) is 1.39. The van der Waals surface area contributed by atoms with Crippen LogP contribution in [0, 0.1) is 0 Å². The zero-order chi connectivity index (χ0) is 10.6. The van der Waals surface area contributed by atoms with Gasteiger partial charge in [-0.1, -0.05) is 6.07 Å². The molecular formula is C10H16N2O2. The Kier molecular flexibility index (Phi) is 3.73. The second-order valence-electron chi connectivity index (χ2n) is 2.96. The third kappa shape index (κ3) is 1.97. The van der Waals surface area contributed by atoms with E-state index in [1.807, 2.05) is 25.1 Å². The summed E-state index contributed by atoms with van der Waals surface area (Å²) in [6, 6.07) is 5.63. The number of nitrogens with one attached hydrogen (secondary N) is 1. The summed E-state index contributed by atoms with van der Waals surface area (Å²) in [5.74, 6) is 6.94. The van der Waals surface area contributed by atoms with Crippen LogP contribution in [-0.2, 0) is 0 Å². The summed E-state index contributed by atoms with van der Waals surface area (Å²) < 4.78 is 10.5. The third-order valence-electron chi connectivity index (χ3n) is 2.15. The minimum Gasteiger partial charge on any atom is -0.496 e. The van der Waals surface area contributed by atoms with E-state index in [0.29, 0.717) is 0 Å². The lowest BCUT2D eigenvalue weighted by Crippen LogP contribution is -2.26.